The van der Waals surface area contributed by atoms with E-state index in [1.807, 2.05) is 0 Å². The minimum absolute atomic E-state index is 0.401. The third-order valence-corrected chi connectivity index (χ3v) is 3.76. The molecule has 2 atom stereocenters. The van der Waals surface area contributed by atoms with Crippen molar-refractivity contribution in [3.05, 3.63) is 0 Å². The van der Waals surface area contributed by atoms with E-state index < -0.39 is 0 Å². The lowest BCUT2D eigenvalue weighted by atomic mass is 10.1. The summed E-state index contributed by atoms with van der Waals surface area (Å²) in [4.78, 5) is 13.1. The van der Waals surface area contributed by atoms with Gasteiger partial charge >= 0.3 is 6.01 Å². The van der Waals surface area contributed by atoms with E-state index in [1.165, 1.54) is 19.3 Å². The van der Waals surface area contributed by atoms with Gasteiger partial charge in [-0.2, -0.15) is 15.0 Å². The first-order valence-corrected chi connectivity index (χ1v) is 8.12. The molecule has 2 rings (SSSR count). The van der Waals surface area contributed by atoms with Crippen molar-refractivity contribution in [2.24, 2.45) is 5.92 Å². The van der Waals surface area contributed by atoms with Gasteiger partial charge in [0.05, 0.1) is 6.61 Å². The fourth-order valence-electron chi connectivity index (χ4n) is 2.52. The Hall–Kier alpha value is -1.59. The van der Waals surface area contributed by atoms with Crippen molar-refractivity contribution in [2.75, 3.05) is 23.8 Å². The summed E-state index contributed by atoms with van der Waals surface area (Å²) in [5, 5.41) is 6.65. The zero-order chi connectivity index (χ0) is 15.1. The summed E-state index contributed by atoms with van der Waals surface area (Å²) >= 11 is 0. The molecule has 21 heavy (non-hydrogen) atoms. The number of ether oxygens (including phenoxy) is 1. The lowest BCUT2D eigenvalue weighted by Crippen LogP contribution is -2.24. The summed E-state index contributed by atoms with van der Waals surface area (Å²) in [6.45, 7) is 7.92. The largest absolute Gasteiger partial charge is 0.463 e. The number of hydrogen-bond donors (Lipinski definition) is 2. The molecule has 1 saturated carbocycles. The van der Waals surface area contributed by atoms with Crippen molar-refractivity contribution in [3.63, 3.8) is 0 Å². The number of hydrogen-bond acceptors (Lipinski definition) is 6. The first kappa shape index (κ1) is 15.8. The highest BCUT2D eigenvalue weighted by atomic mass is 16.5. The molecule has 1 aliphatic rings. The second-order valence-corrected chi connectivity index (χ2v) is 5.70. The lowest BCUT2D eigenvalue weighted by Gasteiger charge is -2.18. The second-order valence-electron chi connectivity index (χ2n) is 5.70. The van der Waals surface area contributed by atoms with Crippen LogP contribution in [0.3, 0.4) is 0 Å². The maximum Gasteiger partial charge on any atom is 0.323 e. The standard InChI is InChI=1S/C15H27N5O/c1-4-9-16-13-18-14(17-12-8-6-7-11(12)3)20-15(19-13)21-10-5-2/h11-12H,4-10H2,1-3H3,(H2,16,17,18,19,20). The van der Waals surface area contributed by atoms with E-state index in [1.54, 1.807) is 0 Å². The second kappa shape index (κ2) is 8.00. The van der Waals surface area contributed by atoms with Gasteiger partial charge in [0.1, 0.15) is 0 Å². The van der Waals surface area contributed by atoms with Crippen LogP contribution >= 0.6 is 0 Å². The van der Waals surface area contributed by atoms with Gasteiger partial charge in [-0.1, -0.05) is 27.2 Å². The molecular weight excluding hydrogens is 266 g/mol. The van der Waals surface area contributed by atoms with Crippen LogP contribution in [-0.4, -0.2) is 34.1 Å². The van der Waals surface area contributed by atoms with E-state index in [9.17, 15) is 0 Å². The van der Waals surface area contributed by atoms with Gasteiger partial charge in [-0.05, 0) is 31.6 Å². The van der Waals surface area contributed by atoms with Crippen molar-refractivity contribution in [3.8, 4) is 6.01 Å². The summed E-state index contributed by atoms with van der Waals surface area (Å²) in [7, 11) is 0. The summed E-state index contributed by atoms with van der Waals surface area (Å²) < 4.78 is 5.57. The zero-order valence-corrected chi connectivity index (χ0v) is 13.4. The van der Waals surface area contributed by atoms with E-state index in [4.69, 9.17) is 4.74 Å². The molecule has 6 heteroatoms. The van der Waals surface area contributed by atoms with Crippen molar-refractivity contribution >= 4 is 11.9 Å². The minimum Gasteiger partial charge on any atom is -0.463 e. The van der Waals surface area contributed by atoms with Crippen LogP contribution in [0.5, 0.6) is 6.01 Å². The Morgan fingerprint density at radius 3 is 2.57 bits per heavy atom. The predicted molar refractivity (Wildman–Crippen MR) is 84.8 cm³/mol. The lowest BCUT2D eigenvalue weighted by molar-refractivity contribution is 0.292. The van der Waals surface area contributed by atoms with Gasteiger partial charge in [-0.25, -0.2) is 0 Å². The van der Waals surface area contributed by atoms with Crippen LogP contribution in [0.4, 0.5) is 11.9 Å². The van der Waals surface area contributed by atoms with Crippen LogP contribution in [0.1, 0.15) is 52.9 Å². The number of rotatable bonds is 8. The SMILES string of the molecule is CCCNc1nc(NC2CCCC2C)nc(OCCC)n1. The third kappa shape index (κ3) is 4.72. The molecule has 2 unspecified atom stereocenters. The predicted octanol–water partition coefficient (Wildman–Crippen LogP) is 3.08. The van der Waals surface area contributed by atoms with Crippen LogP contribution in [0, 0.1) is 5.92 Å². The minimum atomic E-state index is 0.401. The van der Waals surface area contributed by atoms with Gasteiger partial charge in [-0.3, -0.25) is 0 Å². The van der Waals surface area contributed by atoms with Crippen LogP contribution in [0.2, 0.25) is 0 Å². The van der Waals surface area contributed by atoms with Crippen LogP contribution in [0.25, 0.3) is 0 Å². The topological polar surface area (TPSA) is 72.0 Å². The summed E-state index contributed by atoms with van der Waals surface area (Å²) in [5.41, 5.74) is 0. The quantitative estimate of drug-likeness (QED) is 0.767. The molecule has 1 heterocycles. The fraction of sp³-hybridized carbons (Fsp3) is 0.800. The van der Waals surface area contributed by atoms with Crippen LogP contribution in [0.15, 0.2) is 0 Å². The number of nitrogens with one attached hydrogen (secondary N) is 2. The number of anilines is 2. The van der Waals surface area contributed by atoms with E-state index >= 15 is 0 Å². The monoisotopic (exact) mass is 293 g/mol. The highest BCUT2D eigenvalue weighted by Gasteiger charge is 2.24. The number of aromatic nitrogens is 3. The Morgan fingerprint density at radius 1 is 1.10 bits per heavy atom. The van der Waals surface area contributed by atoms with Crippen LogP contribution < -0.4 is 15.4 Å². The van der Waals surface area contributed by atoms with Gasteiger partial charge < -0.3 is 15.4 Å². The third-order valence-electron chi connectivity index (χ3n) is 3.76. The molecule has 1 fully saturated rings. The first-order chi connectivity index (χ1) is 10.2. The van der Waals surface area contributed by atoms with Crippen molar-refractivity contribution in [1.82, 2.24) is 15.0 Å². The Bertz CT molecular complexity index is 414. The van der Waals surface area contributed by atoms with E-state index in [-0.39, 0.29) is 0 Å². The highest BCUT2D eigenvalue weighted by Crippen LogP contribution is 2.27. The Labute approximate surface area is 127 Å². The van der Waals surface area contributed by atoms with Gasteiger partial charge in [0, 0.05) is 12.6 Å². The zero-order valence-electron chi connectivity index (χ0n) is 13.4. The van der Waals surface area contributed by atoms with Crippen molar-refractivity contribution in [2.45, 2.75) is 58.9 Å². The summed E-state index contributed by atoms with van der Waals surface area (Å²) in [6, 6.07) is 0.851. The Balaban J connectivity index is 2.09. The Kier molecular flexibility index (Phi) is 6.02. The van der Waals surface area contributed by atoms with E-state index in [0.717, 1.165) is 19.4 Å². The molecule has 0 saturated heterocycles. The Morgan fingerprint density at radius 2 is 1.90 bits per heavy atom. The molecule has 1 aromatic rings. The molecule has 1 aromatic heterocycles. The normalized spacial score (nSPS) is 21.3. The molecule has 1 aliphatic carbocycles. The maximum atomic E-state index is 5.57. The average Bonchev–Trinajstić information content (AvgIpc) is 2.88. The molecule has 0 aromatic carbocycles. The molecule has 0 amide bonds. The van der Waals surface area contributed by atoms with Gasteiger partial charge in [0.2, 0.25) is 11.9 Å². The first-order valence-electron chi connectivity index (χ1n) is 8.12. The van der Waals surface area contributed by atoms with Gasteiger partial charge in [0.15, 0.2) is 0 Å². The van der Waals surface area contributed by atoms with Gasteiger partial charge in [-0.15, -0.1) is 0 Å². The molecule has 0 aliphatic heterocycles. The van der Waals surface area contributed by atoms with Crippen molar-refractivity contribution in [1.29, 1.82) is 0 Å². The van der Waals surface area contributed by atoms with E-state index in [2.05, 4.69) is 46.4 Å². The molecular formula is C15H27N5O. The molecule has 6 nitrogen and oxygen atoms in total. The fourth-order valence-corrected chi connectivity index (χ4v) is 2.52. The summed E-state index contributed by atoms with van der Waals surface area (Å²) in [6.07, 6.45) is 5.67. The van der Waals surface area contributed by atoms with Crippen LogP contribution in [-0.2, 0) is 0 Å². The molecule has 2 N–H and O–H groups in total. The summed E-state index contributed by atoms with van der Waals surface area (Å²) in [5.74, 6) is 1.87. The van der Waals surface area contributed by atoms with Crippen molar-refractivity contribution < 1.29 is 4.74 Å². The molecule has 118 valence electrons. The molecule has 0 bridgehead atoms. The maximum absolute atomic E-state index is 5.57. The number of nitrogens with zero attached hydrogens (tertiary/aromatic N) is 3. The highest BCUT2D eigenvalue weighted by molar-refractivity contribution is 5.36. The van der Waals surface area contributed by atoms with Gasteiger partial charge in [0.25, 0.3) is 0 Å². The molecule has 0 radical (unpaired) electrons. The van der Waals surface area contributed by atoms with E-state index in [0.29, 0.717) is 36.5 Å². The molecule has 0 spiro atoms. The average molecular weight is 293 g/mol. The smallest absolute Gasteiger partial charge is 0.323 e.